The minimum Gasteiger partial charge on any atom is -0.300 e. The minimum absolute atomic E-state index is 0.509. The topological polar surface area (TPSA) is 3.24 Å². The van der Waals surface area contributed by atoms with Crippen LogP contribution in [0.2, 0.25) is 0 Å². The van der Waals surface area contributed by atoms with Crippen LogP contribution in [-0.2, 0) is 0 Å². The third-order valence-electron chi connectivity index (χ3n) is 4.19. The number of hydrogen-bond acceptors (Lipinski definition) is 1. The van der Waals surface area contributed by atoms with E-state index in [1.165, 1.54) is 25.7 Å². The van der Waals surface area contributed by atoms with Crippen molar-refractivity contribution in [2.24, 2.45) is 5.92 Å². The van der Waals surface area contributed by atoms with Crippen LogP contribution in [-0.4, -0.2) is 30.2 Å². The molecule has 0 unspecified atom stereocenters. The van der Waals surface area contributed by atoms with Crippen molar-refractivity contribution in [2.45, 2.75) is 63.7 Å². The average molecular weight is 199 g/mol. The van der Waals surface area contributed by atoms with Crippen molar-refractivity contribution >= 4 is 0 Å². The van der Waals surface area contributed by atoms with E-state index in [-0.39, 0.29) is 0 Å². The second-order valence-electron chi connectivity index (χ2n) is 5.30. The lowest BCUT2D eigenvalue weighted by Gasteiger charge is -2.43. The SMILES string of the molecule is CC1CCC(N(C)C2CC(F)C2)CC1. The highest BCUT2D eigenvalue weighted by atomic mass is 19.1. The summed E-state index contributed by atoms with van der Waals surface area (Å²) in [4.78, 5) is 2.45. The fourth-order valence-electron chi connectivity index (χ4n) is 2.80. The first-order chi connectivity index (χ1) is 6.66. The van der Waals surface area contributed by atoms with E-state index in [1.54, 1.807) is 0 Å². The van der Waals surface area contributed by atoms with Gasteiger partial charge in [-0.3, -0.25) is 0 Å². The van der Waals surface area contributed by atoms with E-state index in [0.717, 1.165) is 24.8 Å². The highest BCUT2D eigenvalue weighted by molar-refractivity contribution is 4.90. The van der Waals surface area contributed by atoms with Crippen molar-refractivity contribution in [2.75, 3.05) is 7.05 Å². The Balaban J connectivity index is 1.77. The Kier molecular flexibility index (Phi) is 3.10. The first kappa shape index (κ1) is 10.4. The maximum atomic E-state index is 12.7. The summed E-state index contributed by atoms with van der Waals surface area (Å²) in [7, 11) is 2.19. The molecular weight excluding hydrogens is 177 g/mol. The van der Waals surface area contributed by atoms with Crippen molar-refractivity contribution in [3.63, 3.8) is 0 Å². The zero-order valence-corrected chi connectivity index (χ0v) is 9.38. The highest BCUT2D eigenvalue weighted by Crippen LogP contribution is 2.33. The van der Waals surface area contributed by atoms with Crippen LogP contribution < -0.4 is 0 Å². The number of rotatable bonds is 2. The van der Waals surface area contributed by atoms with Crippen LogP contribution in [0.4, 0.5) is 4.39 Å². The summed E-state index contributed by atoms with van der Waals surface area (Å²) in [5.74, 6) is 0.912. The highest BCUT2D eigenvalue weighted by Gasteiger charge is 2.35. The molecule has 0 aromatic heterocycles. The third-order valence-corrected chi connectivity index (χ3v) is 4.19. The molecule has 0 aromatic rings. The normalized spacial score (nSPS) is 43.7. The van der Waals surface area contributed by atoms with E-state index in [1.807, 2.05) is 0 Å². The molecule has 2 aliphatic rings. The quantitative estimate of drug-likeness (QED) is 0.661. The molecule has 0 radical (unpaired) electrons. The van der Waals surface area contributed by atoms with Crippen LogP contribution in [0.25, 0.3) is 0 Å². The van der Waals surface area contributed by atoms with Gasteiger partial charge in [-0.2, -0.15) is 0 Å². The molecule has 0 N–H and O–H groups in total. The minimum atomic E-state index is -0.509. The summed E-state index contributed by atoms with van der Waals surface area (Å²) >= 11 is 0. The van der Waals surface area contributed by atoms with E-state index < -0.39 is 6.17 Å². The summed E-state index contributed by atoms with van der Waals surface area (Å²) < 4.78 is 12.7. The molecule has 82 valence electrons. The van der Waals surface area contributed by atoms with Crippen molar-refractivity contribution in [3.05, 3.63) is 0 Å². The van der Waals surface area contributed by atoms with Gasteiger partial charge in [0.1, 0.15) is 6.17 Å². The number of alkyl halides is 1. The van der Waals surface area contributed by atoms with Gasteiger partial charge in [0.2, 0.25) is 0 Å². The maximum absolute atomic E-state index is 12.7. The first-order valence-corrected chi connectivity index (χ1v) is 6.03. The number of hydrogen-bond donors (Lipinski definition) is 0. The van der Waals surface area contributed by atoms with Crippen LogP contribution in [0.5, 0.6) is 0 Å². The van der Waals surface area contributed by atoms with Crippen LogP contribution in [0.15, 0.2) is 0 Å². The molecule has 0 spiro atoms. The molecule has 0 heterocycles. The Bertz CT molecular complexity index is 181. The molecule has 14 heavy (non-hydrogen) atoms. The largest absolute Gasteiger partial charge is 0.300 e. The Hall–Kier alpha value is -0.110. The van der Waals surface area contributed by atoms with Crippen molar-refractivity contribution in [1.82, 2.24) is 4.90 Å². The van der Waals surface area contributed by atoms with E-state index >= 15 is 0 Å². The average Bonchev–Trinajstić information content (AvgIpc) is 2.13. The van der Waals surface area contributed by atoms with Gasteiger partial charge < -0.3 is 4.90 Å². The molecule has 0 saturated heterocycles. The van der Waals surface area contributed by atoms with E-state index in [0.29, 0.717) is 6.04 Å². The molecule has 2 rings (SSSR count). The lowest BCUT2D eigenvalue weighted by Crippen LogP contribution is -2.49. The summed E-state index contributed by atoms with van der Waals surface area (Å²) in [6.45, 7) is 2.34. The standard InChI is InChI=1S/C12H22FN/c1-9-3-5-11(6-4-9)14(2)12-7-10(13)8-12/h9-12H,3-8H2,1-2H3. The third kappa shape index (κ3) is 2.10. The van der Waals surface area contributed by atoms with Gasteiger partial charge in [0, 0.05) is 12.1 Å². The number of halogens is 1. The Morgan fingerprint density at radius 3 is 2.07 bits per heavy atom. The van der Waals surface area contributed by atoms with Gasteiger partial charge in [0.25, 0.3) is 0 Å². The molecule has 0 aromatic carbocycles. The summed E-state index contributed by atoms with van der Waals surface area (Å²) in [5.41, 5.74) is 0. The van der Waals surface area contributed by atoms with Crippen LogP contribution in [0.1, 0.15) is 45.4 Å². The second kappa shape index (κ2) is 4.18. The lowest BCUT2D eigenvalue weighted by atomic mass is 9.83. The number of nitrogens with zero attached hydrogens (tertiary/aromatic N) is 1. The Morgan fingerprint density at radius 2 is 1.57 bits per heavy atom. The Labute approximate surface area is 86.7 Å². The summed E-state index contributed by atoms with van der Waals surface area (Å²) in [6, 6.07) is 1.28. The fourth-order valence-corrected chi connectivity index (χ4v) is 2.80. The lowest BCUT2D eigenvalue weighted by molar-refractivity contribution is 0.0285. The van der Waals surface area contributed by atoms with Crippen LogP contribution in [0.3, 0.4) is 0 Å². The van der Waals surface area contributed by atoms with Gasteiger partial charge in [0.15, 0.2) is 0 Å². The van der Waals surface area contributed by atoms with Crippen LogP contribution in [0, 0.1) is 5.92 Å². The molecule has 2 aliphatic carbocycles. The molecule has 0 amide bonds. The zero-order valence-electron chi connectivity index (χ0n) is 9.38. The van der Waals surface area contributed by atoms with Crippen LogP contribution >= 0.6 is 0 Å². The maximum Gasteiger partial charge on any atom is 0.103 e. The van der Waals surface area contributed by atoms with Crippen molar-refractivity contribution in [1.29, 1.82) is 0 Å². The Morgan fingerprint density at radius 1 is 1.00 bits per heavy atom. The van der Waals surface area contributed by atoms with E-state index in [2.05, 4.69) is 18.9 Å². The van der Waals surface area contributed by atoms with Gasteiger partial charge in [-0.25, -0.2) is 4.39 Å². The monoisotopic (exact) mass is 199 g/mol. The molecule has 2 saturated carbocycles. The summed E-state index contributed by atoms with van der Waals surface area (Å²) in [5, 5.41) is 0. The smallest absolute Gasteiger partial charge is 0.103 e. The van der Waals surface area contributed by atoms with Gasteiger partial charge in [0.05, 0.1) is 0 Å². The van der Waals surface area contributed by atoms with Gasteiger partial charge >= 0.3 is 0 Å². The van der Waals surface area contributed by atoms with E-state index in [4.69, 9.17) is 0 Å². The molecule has 0 atom stereocenters. The van der Waals surface area contributed by atoms with Crippen molar-refractivity contribution in [3.8, 4) is 0 Å². The second-order valence-corrected chi connectivity index (χ2v) is 5.30. The molecule has 0 bridgehead atoms. The van der Waals surface area contributed by atoms with Gasteiger partial charge in [-0.05, 0) is 51.5 Å². The van der Waals surface area contributed by atoms with Gasteiger partial charge in [-0.15, -0.1) is 0 Å². The fraction of sp³-hybridized carbons (Fsp3) is 1.00. The van der Waals surface area contributed by atoms with Gasteiger partial charge in [-0.1, -0.05) is 6.92 Å². The predicted octanol–water partition coefficient (Wildman–Crippen LogP) is 3.00. The van der Waals surface area contributed by atoms with Crippen molar-refractivity contribution < 1.29 is 4.39 Å². The van der Waals surface area contributed by atoms with E-state index in [9.17, 15) is 4.39 Å². The molecule has 2 heteroatoms. The molecule has 1 nitrogen and oxygen atoms in total. The first-order valence-electron chi connectivity index (χ1n) is 6.03. The molecular formula is C12H22FN. The predicted molar refractivity (Wildman–Crippen MR) is 57.1 cm³/mol. The molecule has 0 aliphatic heterocycles. The zero-order chi connectivity index (χ0) is 10.1. The summed E-state index contributed by atoms with van der Waals surface area (Å²) in [6.07, 6.45) is 6.42. The molecule has 2 fully saturated rings.